The molecule has 0 amide bonds. The minimum atomic E-state index is 0.333. The van der Waals surface area contributed by atoms with Crippen LogP contribution in [0.5, 0.6) is 0 Å². The monoisotopic (exact) mass is 173 g/mol. The van der Waals surface area contributed by atoms with Crippen LogP contribution in [0.3, 0.4) is 0 Å². The lowest BCUT2D eigenvalue weighted by Gasteiger charge is -1.99. The predicted molar refractivity (Wildman–Crippen MR) is 50.3 cm³/mol. The summed E-state index contributed by atoms with van der Waals surface area (Å²) >= 11 is 0. The molecular weight excluding hydrogens is 152 g/mol. The summed E-state index contributed by atoms with van der Waals surface area (Å²) in [5.41, 5.74) is 0. The van der Waals surface area contributed by atoms with Gasteiger partial charge in [-0.3, -0.25) is 0 Å². The van der Waals surface area contributed by atoms with Gasteiger partial charge in [0.15, 0.2) is 0 Å². The van der Waals surface area contributed by atoms with E-state index in [9.17, 15) is 0 Å². The third kappa shape index (κ3) is 9.92. The standard InChI is InChI=1S/C10H21O2/c11-9-7-5-3-1-2-4-6-8-10-12/h9,11-12H,1-8,10H2. The van der Waals surface area contributed by atoms with Crippen molar-refractivity contribution < 1.29 is 10.2 Å². The van der Waals surface area contributed by atoms with E-state index in [1.807, 2.05) is 0 Å². The zero-order valence-corrected chi connectivity index (χ0v) is 7.84. The van der Waals surface area contributed by atoms with Gasteiger partial charge in [0.1, 0.15) is 0 Å². The van der Waals surface area contributed by atoms with Crippen LogP contribution in [0.15, 0.2) is 0 Å². The first-order valence-electron chi connectivity index (χ1n) is 4.98. The Morgan fingerprint density at radius 3 is 1.75 bits per heavy atom. The van der Waals surface area contributed by atoms with Gasteiger partial charge in [-0.1, -0.05) is 38.5 Å². The van der Waals surface area contributed by atoms with Crippen molar-refractivity contribution in [3.8, 4) is 0 Å². The molecule has 2 heteroatoms. The van der Waals surface area contributed by atoms with Crippen molar-refractivity contribution in [3.05, 3.63) is 6.61 Å². The van der Waals surface area contributed by atoms with Gasteiger partial charge in [-0.2, -0.15) is 0 Å². The van der Waals surface area contributed by atoms with E-state index in [2.05, 4.69) is 0 Å². The summed E-state index contributed by atoms with van der Waals surface area (Å²) in [6.45, 7) is 1.57. The van der Waals surface area contributed by atoms with Crippen molar-refractivity contribution in [2.24, 2.45) is 0 Å². The molecule has 0 heterocycles. The maximum atomic E-state index is 8.51. The smallest absolute Gasteiger partial charge is 0.0799 e. The predicted octanol–water partition coefficient (Wildman–Crippen LogP) is 2.63. The molecule has 0 aliphatic heterocycles. The van der Waals surface area contributed by atoms with Crippen LogP contribution >= 0.6 is 0 Å². The van der Waals surface area contributed by atoms with Gasteiger partial charge < -0.3 is 10.2 Å². The fourth-order valence-corrected chi connectivity index (χ4v) is 1.23. The fraction of sp³-hybridized carbons (Fsp3) is 0.900. The summed E-state index contributed by atoms with van der Waals surface area (Å²) in [5.74, 6) is 0. The van der Waals surface area contributed by atoms with Crippen LogP contribution < -0.4 is 0 Å². The Morgan fingerprint density at radius 1 is 0.750 bits per heavy atom. The number of unbranched alkanes of at least 4 members (excludes halogenated alkanes) is 7. The lowest BCUT2D eigenvalue weighted by atomic mass is 10.1. The second-order valence-electron chi connectivity index (χ2n) is 3.17. The van der Waals surface area contributed by atoms with Crippen LogP contribution in [-0.4, -0.2) is 16.8 Å². The van der Waals surface area contributed by atoms with Crippen LogP contribution in [0.25, 0.3) is 0 Å². The highest BCUT2D eigenvalue weighted by Crippen LogP contribution is 2.08. The molecule has 0 aromatic heterocycles. The van der Waals surface area contributed by atoms with Gasteiger partial charge in [0, 0.05) is 6.61 Å². The van der Waals surface area contributed by atoms with Crippen LogP contribution in [-0.2, 0) is 0 Å². The van der Waals surface area contributed by atoms with E-state index in [4.69, 9.17) is 10.2 Å². The lowest BCUT2D eigenvalue weighted by Crippen LogP contribution is -1.84. The van der Waals surface area contributed by atoms with Crippen molar-refractivity contribution in [2.75, 3.05) is 6.61 Å². The van der Waals surface area contributed by atoms with Gasteiger partial charge in [-0.05, 0) is 12.8 Å². The van der Waals surface area contributed by atoms with Crippen molar-refractivity contribution in [2.45, 2.75) is 51.4 Å². The zero-order chi connectivity index (χ0) is 9.07. The first-order valence-corrected chi connectivity index (χ1v) is 4.98. The first kappa shape index (κ1) is 11.9. The summed E-state index contributed by atoms with van der Waals surface area (Å²) in [6, 6.07) is 0. The average molecular weight is 173 g/mol. The number of hydrogen-bond donors (Lipinski definition) is 2. The summed E-state index contributed by atoms with van der Waals surface area (Å²) in [4.78, 5) is 0. The van der Waals surface area contributed by atoms with Gasteiger partial charge in [-0.25, -0.2) is 0 Å². The molecule has 2 nitrogen and oxygen atoms in total. The van der Waals surface area contributed by atoms with E-state index >= 15 is 0 Å². The third-order valence-electron chi connectivity index (χ3n) is 1.99. The largest absolute Gasteiger partial charge is 0.396 e. The topological polar surface area (TPSA) is 40.5 Å². The Bertz CT molecular complexity index is 64.2. The Labute approximate surface area is 75.6 Å². The molecule has 0 bridgehead atoms. The lowest BCUT2D eigenvalue weighted by molar-refractivity contribution is 0.282. The van der Waals surface area contributed by atoms with Gasteiger partial charge in [0.25, 0.3) is 0 Å². The molecule has 0 spiro atoms. The molecule has 0 aliphatic carbocycles. The minimum absolute atomic E-state index is 0.333. The molecule has 0 saturated heterocycles. The average Bonchev–Trinajstić information content (AvgIpc) is 2.10. The Kier molecular flexibility index (Phi) is 10.8. The van der Waals surface area contributed by atoms with Gasteiger partial charge in [0.05, 0.1) is 6.61 Å². The number of rotatable bonds is 9. The molecule has 0 aromatic rings. The van der Waals surface area contributed by atoms with Crippen molar-refractivity contribution in [1.82, 2.24) is 0 Å². The van der Waals surface area contributed by atoms with Crippen molar-refractivity contribution >= 4 is 0 Å². The van der Waals surface area contributed by atoms with Crippen LogP contribution in [0, 0.1) is 6.61 Å². The highest BCUT2D eigenvalue weighted by Gasteiger charge is 1.90. The van der Waals surface area contributed by atoms with Crippen LogP contribution in [0.4, 0.5) is 0 Å². The maximum absolute atomic E-state index is 8.51. The second-order valence-corrected chi connectivity index (χ2v) is 3.17. The molecular formula is C10H21O2. The molecule has 0 atom stereocenters. The van der Waals surface area contributed by atoms with Gasteiger partial charge >= 0.3 is 0 Å². The highest BCUT2D eigenvalue weighted by atomic mass is 16.3. The summed E-state index contributed by atoms with van der Waals surface area (Å²) in [6.07, 6.45) is 9.03. The molecule has 1 radical (unpaired) electrons. The summed E-state index contributed by atoms with van der Waals surface area (Å²) in [7, 11) is 0. The molecule has 0 rings (SSSR count). The van der Waals surface area contributed by atoms with E-state index in [-0.39, 0.29) is 0 Å². The van der Waals surface area contributed by atoms with Crippen molar-refractivity contribution in [1.29, 1.82) is 0 Å². The Balaban J connectivity index is 2.73. The minimum Gasteiger partial charge on any atom is -0.396 e. The molecule has 0 saturated carbocycles. The summed E-state index contributed by atoms with van der Waals surface area (Å²) < 4.78 is 0. The molecule has 0 unspecified atom stereocenters. The first-order chi connectivity index (χ1) is 5.91. The van der Waals surface area contributed by atoms with E-state index in [1.54, 1.807) is 0 Å². The quantitative estimate of drug-likeness (QED) is 0.526. The van der Waals surface area contributed by atoms with E-state index in [0.717, 1.165) is 25.7 Å². The highest BCUT2D eigenvalue weighted by molar-refractivity contribution is 4.49. The zero-order valence-electron chi connectivity index (χ0n) is 7.84. The van der Waals surface area contributed by atoms with E-state index in [0.29, 0.717) is 6.61 Å². The molecule has 73 valence electrons. The van der Waals surface area contributed by atoms with E-state index in [1.165, 1.54) is 32.3 Å². The summed E-state index contributed by atoms with van der Waals surface area (Å²) in [5, 5.41) is 16.9. The molecule has 0 fully saturated rings. The van der Waals surface area contributed by atoms with E-state index < -0.39 is 0 Å². The van der Waals surface area contributed by atoms with Gasteiger partial charge in [-0.15, -0.1) is 0 Å². The number of aliphatic hydroxyl groups excluding tert-OH is 2. The number of aliphatic hydroxyl groups is 2. The van der Waals surface area contributed by atoms with Crippen LogP contribution in [0.1, 0.15) is 51.4 Å². The SMILES string of the molecule is O[CH]CCCCCCCCCO. The van der Waals surface area contributed by atoms with Gasteiger partial charge in [0.2, 0.25) is 0 Å². The van der Waals surface area contributed by atoms with Crippen molar-refractivity contribution in [3.63, 3.8) is 0 Å². The molecule has 0 aliphatic rings. The molecule has 12 heavy (non-hydrogen) atoms. The van der Waals surface area contributed by atoms with Crippen LogP contribution in [0.2, 0.25) is 0 Å². The number of hydrogen-bond acceptors (Lipinski definition) is 2. The fourth-order valence-electron chi connectivity index (χ4n) is 1.23. The third-order valence-corrected chi connectivity index (χ3v) is 1.99. The Hall–Kier alpha value is -0.0800. The second kappa shape index (κ2) is 10.9. The molecule has 0 aromatic carbocycles. The Morgan fingerprint density at radius 2 is 1.25 bits per heavy atom. The molecule has 2 N–H and O–H groups in total. The normalized spacial score (nSPS) is 10.5. The maximum Gasteiger partial charge on any atom is 0.0799 e.